The second-order valence-corrected chi connectivity index (χ2v) is 7.35. The Labute approximate surface area is 112 Å². The summed E-state index contributed by atoms with van der Waals surface area (Å²) in [7, 11) is -3.65. The molecule has 0 radical (unpaired) electrons. The van der Waals surface area contributed by atoms with Gasteiger partial charge in [-0.15, -0.1) is 0 Å². The molecule has 1 fully saturated rings. The number of hydrogen-bond acceptors (Lipinski definition) is 3. The van der Waals surface area contributed by atoms with Gasteiger partial charge in [0.15, 0.2) is 0 Å². The summed E-state index contributed by atoms with van der Waals surface area (Å²) in [5.41, 5.74) is -0.582. The van der Waals surface area contributed by atoms with Gasteiger partial charge in [0.2, 0.25) is 10.0 Å². The Kier molecular flexibility index (Phi) is 3.45. The molecule has 0 unspecified atom stereocenters. The van der Waals surface area contributed by atoms with E-state index in [-0.39, 0.29) is 23.9 Å². The van der Waals surface area contributed by atoms with Gasteiger partial charge in [0, 0.05) is 13.1 Å². The normalized spacial score (nSPS) is 19.5. The molecule has 0 aliphatic carbocycles. The number of hydrogen-bond donors (Lipinski definition) is 1. The van der Waals surface area contributed by atoms with Crippen molar-refractivity contribution in [2.24, 2.45) is 5.92 Å². The topological polar surface area (TPSA) is 57.6 Å². The molecule has 1 saturated heterocycles. The quantitative estimate of drug-likeness (QED) is 0.917. The Morgan fingerprint density at radius 2 is 1.95 bits per heavy atom. The van der Waals surface area contributed by atoms with Crippen LogP contribution in [0.15, 0.2) is 23.1 Å². The second-order valence-electron chi connectivity index (χ2n) is 5.44. The van der Waals surface area contributed by atoms with Crippen molar-refractivity contribution in [2.75, 3.05) is 13.1 Å². The molecule has 0 spiro atoms. The highest BCUT2D eigenvalue weighted by Gasteiger charge is 2.49. The summed E-state index contributed by atoms with van der Waals surface area (Å²) in [4.78, 5) is 0.0970. The molecule has 0 atom stereocenters. The predicted molar refractivity (Wildman–Crippen MR) is 69.7 cm³/mol. The van der Waals surface area contributed by atoms with E-state index >= 15 is 0 Å². The summed E-state index contributed by atoms with van der Waals surface area (Å²) < 4.78 is 38.9. The largest absolute Gasteiger partial charge is 0.387 e. The van der Waals surface area contributed by atoms with Crippen LogP contribution in [0.25, 0.3) is 0 Å². The fourth-order valence-corrected chi connectivity index (χ4v) is 3.91. The van der Waals surface area contributed by atoms with E-state index < -0.39 is 21.4 Å². The van der Waals surface area contributed by atoms with Gasteiger partial charge >= 0.3 is 0 Å². The van der Waals surface area contributed by atoms with Gasteiger partial charge in [-0.3, -0.25) is 0 Å². The minimum absolute atomic E-state index is 0.00624. The van der Waals surface area contributed by atoms with E-state index in [1.807, 2.05) is 13.8 Å². The Hall–Kier alpha value is -0.980. The SMILES string of the molecule is Cc1cc(F)ccc1S(=O)(=O)N1CC(O)(C(C)C)C1. The smallest absolute Gasteiger partial charge is 0.243 e. The van der Waals surface area contributed by atoms with Gasteiger partial charge in [0.05, 0.1) is 10.5 Å². The lowest BCUT2D eigenvalue weighted by molar-refractivity contribution is -0.0932. The first kappa shape index (κ1) is 14.4. The summed E-state index contributed by atoms with van der Waals surface area (Å²) in [6, 6.07) is 3.60. The highest BCUT2D eigenvalue weighted by atomic mass is 32.2. The molecule has 1 N–H and O–H groups in total. The van der Waals surface area contributed by atoms with E-state index in [4.69, 9.17) is 0 Å². The van der Waals surface area contributed by atoms with Crippen molar-refractivity contribution < 1.29 is 17.9 Å². The first-order valence-corrected chi connectivity index (χ1v) is 7.59. The summed E-state index contributed by atoms with van der Waals surface area (Å²) in [6.45, 7) is 5.44. The average molecular weight is 287 g/mol. The molecule has 0 saturated carbocycles. The number of nitrogens with zero attached hydrogens (tertiary/aromatic N) is 1. The van der Waals surface area contributed by atoms with Crippen LogP contribution in [0.4, 0.5) is 4.39 Å². The van der Waals surface area contributed by atoms with Crippen molar-refractivity contribution in [1.82, 2.24) is 4.31 Å². The number of rotatable bonds is 3. The van der Waals surface area contributed by atoms with Crippen LogP contribution in [0, 0.1) is 18.7 Å². The van der Waals surface area contributed by atoms with Crippen molar-refractivity contribution in [2.45, 2.75) is 31.3 Å². The van der Waals surface area contributed by atoms with Gasteiger partial charge in [0.1, 0.15) is 5.82 Å². The van der Waals surface area contributed by atoms with Crippen LogP contribution in [0.2, 0.25) is 0 Å². The van der Waals surface area contributed by atoms with Gasteiger partial charge in [-0.25, -0.2) is 12.8 Å². The van der Waals surface area contributed by atoms with Crippen LogP contribution in [0.3, 0.4) is 0 Å². The van der Waals surface area contributed by atoms with Crippen molar-refractivity contribution in [3.63, 3.8) is 0 Å². The van der Waals surface area contributed by atoms with E-state index in [0.29, 0.717) is 5.56 Å². The number of sulfonamides is 1. The van der Waals surface area contributed by atoms with Crippen LogP contribution in [-0.2, 0) is 10.0 Å². The van der Waals surface area contributed by atoms with E-state index in [1.165, 1.54) is 16.4 Å². The van der Waals surface area contributed by atoms with Gasteiger partial charge in [-0.2, -0.15) is 4.31 Å². The molecular formula is C13H18FNO3S. The summed E-state index contributed by atoms with van der Waals surface area (Å²) in [5, 5.41) is 10.1. The molecule has 2 rings (SSSR count). The lowest BCUT2D eigenvalue weighted by atomic mass is 9.85. The Morgan fingerprint density at radius 1 is 1.37 bits per heavy atom. The van der Waals surface area contributed by atoms with Crippen molar-refractivity contribution in [3.8, 4) is 0 Å². The number of halogens is 1. The van der Waals surface area contributed by atoms with Gasteiger partial charge < -0.3 is 5.11 Å². The van der Waals surface area contributed by atoms with E-state index in [0.717, 1.165) is 6.07 Å². The fourth-order valence-electron chi connectivity index (χ4n) is 2.14. The van der Waals surface area contributed by atoms with Crippen LogP contribution >= 0.6 is 0 Å². The number of aliphatic hydroxyl groups is 1. The lowest BCUT2D eigenvalue weighted by Crippen LogP contribution is -2.65. The maximum atomic E-state index is 13.0. The van der Waals surface area contributed by atoms with Gasteiger partial charge in [0.25, 0.3) is 0 Å². The summed E-state index contributed by atoms with van der Waals surface area (Å²) in [5.74, 6) is -0.466. The third-order valence-corrected chi connectivity index (χ3v) is 5.68. The van der Waals surface area contributed by atoms with Crippen LogP contribution < -0.4 is 0 Å². The summed E-state index contributed by atoms with van der Waals surface area (Å²) in [6.07, 6.45) is 0. The molecule has 0 aromatic heterocycles. The van der Waals surface area contributed by atoms with Crippen molar-refractivity contribution in [1.29, 1.82) is 0 Å². The van der Waals surface area contributed by atoms with Gasteiger partial charge in [-0.05, 0) is 36.6 Å². The first-order valence-electron chi connectivity index (χ1n) is 6.15. The number of aryl methyl sites for hydroxylation is 1. The highest BCUT2D eigenvalue weighted by Crippen LogP contribution is 2.33. The molecule has 1 heterocycles. The molecule has 4 nitrogen and oxygen atoms in total. The molecule has 1 aliphatic rings. The van der Waals surface area contributed by atoms with Gasteiger partial charge in [-0.1, -0.05) is 13.8 Å². The molecule has 6 heteroatoms. The summed E-state index contributed by atoms with van der Waals surface area (Å²) >= 11 is 0. The molecule has 19 heavy (non-hydrogen) atoms. The molecule has 1 aliphatic heterocycles. The zero-order chi connectivity index (χ0) is 14.4. The zero-order valence-corrected chi connectivity index (χ0v) is 12.0. The zero-order valence-electron chi connectivity index (χ0n) is 11.2. The Bertz CT molecular complexity index is 592. The van der Waals surface area contributed by atoms with Crippen LogP contribution in [0.5, 0.6) is 0 Å². The minimum Gasteiger partial charge on any atom is -0.387 e. The van der Waals surface area contributed by atoms with E-state index in [9.17, 15) is 17.9 Å². The fraction of sp³-hybridized carbons (Fsp3) is 0.538. The van der Waals surface area contributed by atoms with Crippen LogP contribution in [-0.4, -0.2) is 36.5 Å². The van der Waals surface area contributed by atoms with Crippen molar-refractivity contribution >= 4 is 10.0 Å². The third kappa shape index (κ3) is 2.40. The predicted octanol–water partition coefficient (Wildman–Crippen LogP) is 1.53. The maximum absolute atomic E-state index is 13.0. The molecule has 1 aromatic carbocycles. The maximum Gasteiger partial charge on any atom is 0.243 e. The second kappa shape index (κ2) is 4.54. The standard InChI is InChI=1S/C13H18FNO3S/c1-9(2)13(16)7-15(8-13)19(17,18)12-5-4-11(14)6-10(12)3/h4-6,9,16H,7-8H2,1-3H3. The number of benzene rings is 1. The Balaban J connectivity index is 2.26. The number of β-amino-alcohol motifs (C(OH)–C–C–N with tert-alkyl or cyclic N) is 1. The molecule has 106 valence electrons. The Morgan fingerprint density at radius 3 is 2.42 bits per heavy atom. The van der Waals surface area contributed by atoms with E-state index in [2.05, 4.69) is 0 Å². The van der Waals surface area contributed by atoms with E-state index in [1.54, 1.807) is 6.92 Å². The molecular weight excluding hydrogens is 269 g/mol. The van der Waals surface area contributed by atoms with Crippen LogP contribution in [0.1, 0.15) is 19.4 Å². The third-order valence-electron chi connectivity index (χ3n) is 3.73. The molecule has 0 amide bonds. The first-order chi connectivity index (χ1) is 8.67. The monoisotopic (exact) mass is 287 g/mol. The molecule has 0 bridgehead atoms. The highest BCUT2D eigenvalue weighted by molar-refractivity contribution is 7.89. The average Bonchev–Trinajstić information content (AvgIpc) is 2.23. The molecule has 1 aromatic rings. The minimum atomic E-state index is -3.65. The lowest BCUT2D eigenvalue weighted by Gasteiger charge is -2.48. The van der Waals surface area contributed by atoms with Crippen molar-refractivity contribution in [3.05, 3.63) is 29.6 Å².